The topological polar surface area (TPSA) is 38.9 Å². The fourth-order valence-corrected chi connectivity index (χ4v) is 4.88. The normalized spacial score (nSPS) is 33.1. The van der Waals surface area contributed by atoms with Gasteiger partial charge in [-0.3, -0.25) is 4.98 Å². The maximum Gasteiger partial charge on any atom is 0.0482 e. The molecular formula is C15H22N2S. The van der Waals surface area contributed by atoms with Gasteiger partial charge in [0.05, 0.1) is 0 Å². The molecule has 1 saturated heterocycles. The third-order valence-corrected chi connectivity index (χ3v) is 6.26. The van der Waals surface area contributed by atoms with Crippen molar-refractivity contribution in [2.24, 2.45) is 5.73 Å². The molecule has 2 heterocycles. The molecule has 0 aromatic carbocycles. The Morgan fingerprint density at radius 1 is 1.50 bits per heavy atom. The summed E-state index contributed by atoms with van der Waals surface area (Å²) in [6.07, 6.45) is 8.15. The molecule has 1 aromatic rings. The van der Waals surface area contributed by atoms with Crippen molar-refractivity contribution in [3.63, 3.8) is 0 Å². The summed E-state index contributed by atoms with van der Waals surface area (Å²) in [4.78, 5) is 4.64. The average Bonchev–Trinajstić information content (AvgIpc) is 2.85. The van der Waals surface area contributed by atoms with E-state index in [0.717, 1.165) is 0 Å². The number of aryl methyl sites for hydroxylation is 1. The molecule has 18 heavy (non-hydrogen) atoms. The summed E-state index contributed by atoms with van der Waals surface area (Å²) in [7, 11) is 0. The predicted octanol–water partition coefficient (Wildman–Crippen LogP) is 3.11. The SMILES string of the molecule is CC1(C(N)C2CCCc3cccnc32)CCCS1. The summed E-state index contributed by atoms with van der Waals surface area (Å²) in [5.74, 6) is 1.73. The fourth-order valence-electron chi connectivity index (χ4n) is 3.48. The first-order chi connectivity index (χ1) is 8.71. The number of fused-ring (bicyclic) bond motifs is 1. The van der Waals surface area contributed by atoms with Crippen molar-refractivity contribution in [1.82, 2.24) is 4.98 Å². The molecule has 1 aliphatic heterocycles. The van der Waals surface area contributed by atoms with Gasteiger partial charge in [-0.2, -0.15) is 11.8 Å². The number of hydrogen-bond donors (Lipinski definition) is 1. The van der Waals surface area contributed by atoms with Crippen LogP contribution in [-0.4, -0.2) is 21.5 Å². The molecule has 0 spiro atoms. The van der Waals surface area contributed by atoms with Crippen LogP contribution in [0.5, 0.6) is 0 Å². The van der Waals surface area contributed by atoms with Crippen molar-refractivity contribution in [3.05, 3.63) is 29.6 Å². The van der Waals surface area contributed by atoms with Gasteiger partial charge < -0.3 is 5.73 Å². The minimum Gasteiger partial charge on any atom is -0.326 e. The molecule has 1 aliphatic carbocycles. The summed E-state index contributed by atoms with van der Waals surface area (Å²) in [6.45, 7) is 2.35. The van der Waals surface area contributed by atoms with E-state index in [2.05, 4.69) is 35.8 Å². The lowest BCUT2D eigenvalue weighted by molar-refractivity contribution is 0.376. The minimum atomic E-state index is 0.249. The van der Waals surface area contributed by atoms with Crippen molar-refractivity contribution in [3.8, 4) is 0 Å². The number of thioether (sulfide) groups is 1. The highest BCUT2D eigenvalue weighted by atomic mass is 32.2. The molecule has 0 radical (unpaired) electrons. The molecule has 1 fully saturated rings. The predicted molar refractivity (Wildman–Crippen MR) is 78.0 cm³/mol. The van der Waals surface area contributed by atoms with E-state index in [1.54, 1.807) is 0 Å². The van der Waals surface area contributed by atoms with Crippen molar-refractivity contribution < 1.29 is 0 Å². The first kappa shape index (κ1) is 12.5. The van der Waals surface area contributed by atoms with Gasteiger partial charge in [-0.25, -0.2) is 0 Å². The molecule has 2 N–H and O–H groups in total. The van der Waals surface area contributed by atoms with Crippen LogP contribution in [0.4, 0.5) is 0 Å². The lowest BCUT2D eigenvalue weighted by atomic mass is 9.77. The molecule has 98 valence electrons. The molecule has 1 aromatic heterocycles. The highest BCUT2D eigenvalue weighted by Gasteiger charge is 2.41. The van der Waals surface area contributed by atoms with E-state index in [-0.39, 0.29) is 10.8 Å². The van der Waals surface area contributed by atoms with Crippen LogP contribution < -0.4 is 5.73 Å². The van der Waals surface area contributed by atoms with Crippen LogP contribution in [0.3, 0.4) is 0 Å². The van der Waals surface area contributed by atoms with Crippen LogP contribution in [0, 0.1) is 0 Å². The second-order valence-electron chi connectivity index (χ2n) is 5.84. The second kappa shape index (κ2) is 4.86. The zero-order valence-electron chi connectivity index (χ0n) is 11.1. The molecule has 0 amide bonds. The van der Waals surface area contributed by atoms with E-state index in [1.165, 1.54) is 49.1 Å². The van der Waals surface area contributed by atoms with Gasteiger partial charge >= 0.3 is 0 Å². The summed E-state index contributed by atoms with van der Waals surface area (Å²) in [6, 6.07) is 4.53. The Hall–Kier alpha value is -0.540. The van der Waals surface area contributed by atoms with Crippen LogP contribution >= 0.6 is 11.8 Å². The zero-order valence-corrected chi connectivity index (χ0v) is 11.9. The van der Waals surface area contributed by atoms with Crippen molar-refractivity contribution in [2.75, 3.05) is 5.75 Å². The maximum absolute atomic E-state index is 6.64. The standard InChI is InChI=1S/C15H22N2S/c1-15(8-4-10-18-15)14(16)12-7-2-5-11-6-3-9-17-13(11)12/h3,6,9,12,14H,2,4-5,7-8,10,16H2,1H3. The lowest BCUT2D eigenvalue weighted by Crippen LogP contribution is -2.46. The van der Waals surface area contributed by atoms with Crippen LogP contribution in [0.1, 0.15) is 49.8 Å². The van der Waals surface area contributed by atoms with E-state index < -0.39 is 0 Å². The van der Waals surface area contributed by atoms with E-state index in [4.69, 9.17) is 5.73 Å². The highest BCUT2D eigenvalue weighted by molar-refractivity contribution is 8.00. The Labute approximate surface area is 114 Å². The minimum absolute atomic E-state index is 0.249. The fraction of sp³-hybridized carbons (Fsp3) is 0.667. The molecule has 3 atom stereocenters. The largest absolute Gasteiger partial charge is 0.326 e. The third-order valence-electron chi connectivity index (χ3n) is 4.63. The van der Waals surface area contributed by atoms with E-state index >= 15 is 0 Å². The van der Waals surface area contributed by atoms with Gasteiger partial charge in [0.15, 0.2) is 0 Å². The smallest absolute Gasteiger partial charge is 0.0482 e. The van der Waals surface area contributed by atoms with Gasteiger partial charge in [0, 0.05) is 28.6 Å². The van der Waals surface area contributed by atoms with Gasteiger partial charge in [-0.1, -0.05) is 6.07 Å². The molecule has 2 aliphatic rings. The van der Waals surface area contributed by atoms with Crippen molar-refractivity contribution >= 4 is 11.8 Å². The van der Waals surface area contributed by atoms with Gasteiger partial charge in [-0.05, 0) is 56.4 Å². The Balaban J connectivity index is 1.89. The molecule has 3 unspecified atom stereocenters. The van der Waals surface area contributed by atoms with Crippen LogP contribution in [0.25, 0.3) is 0 Å². The summed E-state index contributed by atoms with van der Waals surface area (Å²) in [5.41, 5.74) is 9.35. The molecule has 3 heteroatoms. The number of pyridine rings is 1. The Kier molecular flexibility index (Phi) is 3.37. The van der Waals surface area contributed by atoms with Crippen LogP contribution in [0.2, 0.25) is 0 Å². The molecular weight excluding hydrogens is 240 g/mol. The summed E-state index contributed by atoms with van der Waals surface area (Å²) >= 11 is 2.07. The van der Waals surface area contributed by atoms with E-state index in [9.17, 15) is 0 Å². The Bertz CT molecular complexity index is 426. The maximum atomic E-state index is 6.64. The van der Waals surface area contributed by atoms with Gasteiger partial charge in [0.25, 0.3) is 0 Å². The molecule has 0 bridgehead atoms. The first-order valence-corrected chi connectivity index (χ1v) is 8.02. The Morgan fingerprint density at radius 2 is 2.39 bits per heavy atom. The number of hydrogen-bond acceptors (Lipinski definition) is 3. The van der Waals surface area contributed by atoms with Crippen molar-refractivity contribution in [2.45, 2.75) is 55.7 Å². The van der Waals surface area contributed by atoms with E-state index in [0.29, 0.717) is 5.92 Å². The monoisotopic (exact) mass is 262 g/mol. The molecule has 3 rings (SSSR count). The van der Waals surface area contributed by atoms with Gasteiger partial charge in [0.1, 0.15) is 0 Å². The van der Waals surface area contributed by atoms with Gasteiger partial charge in [-0.15, -0.1) is 0 Å². The average molecular weight is 262 g/mol. The lowest BCUT2D eigenvalue weighted by Gasteiger charge is -2.38. The Morgan fingerprint density at radius 3 is 3.17 bits per heavy atom. The number of aromatic nitrogens is 1. The van der Waals surface area contributed by atoms with Gasteiger partial charge in [0.2, 0.25) is 0 Å². The van der Waals surface area contributed by atoms with Crippen LogP contribution in [-0.2, 0) is 6.42 Å². The third kappa shape index (κ3) is 2.08. The summed E-state index contributed by atoms with van der Waals surface area (Å²) in [5, 5.41) is 0. The second-order valence-corrected chi connectivity index (χ2v) is 7.47. The molecule has 0 saturated carbocycles. The number of nitrogens with zero attached hydrogens (tertiary/aromatic N) is 1. The molecule has 2 nitrogen and oxygen atoms in total. The summed E-state index contributed by atoms with van der Waals surface area (Å²) < 4.78 is 0.261. The number of rotatable bonds is 2. The van der Waals surface area contributed by atoms with Crippen molar-refractivity contribution in [1.29, 1.82) is 0 Å². The number of nitrogens with two attached hydrogens (primary N) is 1. The van der Waals surface area contributed by atoms with E-state index in [1.807, 2.05) is 6.20 Å². The van der Waals surface area contributed by atoms with Crippen LogP contribution in [0.15, 0.2) is 18.3 Å². The quantitative estimate of drug-likeness (QED) is 0.890. The highest BCUT2D eigenvalue weighted by Crippen LogP contribution is 2.46. The first-order valence-electron chi connectivity index (χ1n) is 7.04. The zero-order chi connectivity index (χ0) is 12.6.